The van der Waals surface area contributed by atoms with E-state index in [9.17, 15) is 4.20 Å². The molecule has 0 aliphatic carbocycles. The summed E-state index contributed by atoms with van der Waals surface area (Å²) in [5.41, 5.74) is 0. The van der Waals surface area contributed by atoms with Crippen molar-refractivity contribution in [3.63, 3.8) is 0 Å². The molecule has 0 rings (SSSR count). The lowest BCUT2D eigenvalue weighted by Crippen LogP contribution is -2.16. The summed E-state index contributed by atoms with van der Waals surface area (Å²) in [6.07, 6.45) is 34.8. The summed E-state index contributed by atoms with van der Waals surface area (Å²) >= 11 is 0. The second-order valence-electron chi connectivity index (χ2n) is 10.0. The summed E-state index contributed by atoms with van der Waals surface area (Å²) in [7, 11) is -5.14. The molecule has 0 saturated carbocycles. The normalized spacial score (nSPS) is 11.4. The molecule has 34 heavy (non-hydrogen) atoms. The van der Waals surface area contributed by atoms with Crippen LogP contribution in [-0.4, -0.2) is 22.9 Å². The van der Waals surface area contributed by atoms with Crippen molar-refractivity contribution in [3.05, 3.63) is 0 Å². The van der Waals surface area contributed by atoms with E-state index in [-0.39, 0.29) is 0 Å². The third-order valence-corrected chi connectivity index (χ3v) is 6.41. The van der Waals surface area contributed by atoms with Gasteiger partial charge >= 0.3 is 7.91 Å². The molecule has 0 aromatic heterocycles. The lowest BCUT2D eigenvalue weighted by Gasteiger charge is -2.06. The zero-order valence-corrected chi connectivity index (χ0v) is 23.9. The van der Waals surface area contributed by atoms with Crippen molar-refractivity contribution in [2.45, 2.75) is 168 Å². The van der Waals surface area contributed by atoms with Gasteiger partial charge in [-0.1, -0.05) is 155 Å². The number of rotatable bonds is 26. The van der Waals surface area contributed by atoms with Crippen LogP contribution >= 0.6 is 7.91 Å². The fraction of sp³-hybridized carbons (Fsp3) is 1.00. The Morgan fingerprint density at radius 1 is 0.471 bits per heavy atom. The van der Waals surface area contributed by atoms with Crippen molar-refractivity contribution < 1.29 is 18.5 Å². The molecule has 0 atom stereocenters. The number of nitrogens with one attached hydrogen (secondary N) is 1. The second kappa shape index (κ2) is 31.1. The van der Waals surface area contributed by atoms with Gasteiger partial charge in [-0.05, 0) is 25.9 Å². The topological polar surface area (TPSA) is 69.6 Å². The summed E-state index contributed by atoms with van der Waals surface area (Å²) in [6.45, 7) is 7.09. The molecular weight excluding hydrogens is 448 g/mol. The maximum Gasteiger partial charge on any atom is 0.507 e. The average Bonchev–Trinajstić information content (AvgIpc) is 2.78. The molecule has 0 bridgehead atoms. The van der Waals surface area contributed by atoms with Crippen LogP contribution in [0.2, 0.25) is 0 Å². The molecule has 0 aromatic rings. The highest BCUT2D eigenvalue weighted by atomic mass is 31.2. The average molecular weight is 510 g/mol. The third kappa shape index (κ3) is 45.5. The van der Waals surface area contributed by atoms with Crippen LogP contribution in [0.25, 0.3) is 0 Å². The van der Waals surface area contributed by atoms with Crippen LogP contribution in [0.5, 0.6) is 0 Å². The van der Waals surface area contributed by atoms with Crippen molar-refractivity contribution in [2.24, 2.45) is 0 Å². The quantitative estimate of drug-likeness (QED) is 0.0801. The van der Waals surface area contributed by atoms with Gasteiger partial charge in [0.15, 0.2) is 0 Å². The maximum atomic E-state index is 10.4. The van der Waals surface area contributed by atoms with Gasteiger partial charge in [-0.15, -0.1) is 4.20 Å². The summed E-state index contributed by atoms with van der Waals surface area (Å²) in [5.74, 6) is 0. The van der Waals surface area contributed by atoms with Gasteiger partial charge in [-0.2, -0.15) is 0 Å². The van der Waals surface area contributed by atoms with Crippen LogP contribution in [0, 0.1) is 0 Å². The first-order valence-corrected chi connectivity index (χ1v) is 16.4. The fourth-order valence-corrected chi connectivity index (χ4v) is 4.31. The van der Waals surface area contributed by atoms with Crippen molar-refractivity contribution in [3.8, 4) is 0 Å². The molecule has 6 heteroatoms. The van der Waals surface area contributed by atoms with Crippen molar-refractivity contribution in [1.82, 2.24) is 5.32 Å². The Kier molecular flexibility index (Phi) is 33.1. The summed E-state index contributed by atoms with van der Waals surface area (Å²) < 4.78 is 19.0. The van der Waals surface area contributed by atoms with Gasteiger partial charge in [0, 0.05) is 0 Å². The first kappa shape index (κ1) is 36.2. The molecule has 208 valence electrons. The highest BCUT2D eigenvalue weighted by Crippen LogP contribution is 2.35. The van der Waals surface area contributed by atoms with E-state index >= 15 is 0 Å². The van der Waals surface area contributed by atoms with Crippen LogP contribution in [-0.2, 0) is 4.57 Å². The highest BCUT2D eigenvalue weighted by molar-refractivity contribution is 7.45. The Hall–Kier alpha value is 0.0400. The molecule has 0 aliphatic rings. The Balaban J connectivity index is 0. The van der Waals surface area contributed by atoms with E-state index in [2.05, 4.69) is 19.2 Å². The standard InChI is InChI=1S/C28H59N.FH2O3P/c1-3-5-7-9-11-13-15-17-19-21-23-25-27-29-28-26-24-22-20-18-16-14-12-10-8-6-4-2;1-5(2,3)4/h29H,3-28H2,1-2H3;(H2,2,3,4). The number of hydrogen-bond donors (Lipinski definition) is 3. The lowest BCUT2D eigenvalue weighted by molar-refractivity contribution is 0.322. The Morgan fingerprint density at radius 2 is 0.647 bits per heavy atom. The van der Waals surface area contributed by atoms with Crippen LogP contribution < -0.4 is 5.32 Å². The third-order valence-electron chi connectivity index (χ3n) is 6.41. The van der Waals surface area contributed by atoms with Gasteiger partial charge in [0.1, 0.15) is 0 Å². The molecule has 0 aliphatic heterocycles. The number of halogens is 1. The smallest absolute Gasteiger partial charge is 0.317 e. The predicted molar refractivity (Wildman–Crippen MR) is 148 cm³/mol. The molecule has 3 N–H and O–H groups in total. The van der Waals surface area contributed by atoms with Gasteiger partial charge < -0.3 is 5.32 Å². The van der Waals surface area contributed by atoms with Crippen LogP contribution in [0.4, 0.5) is 4.20 Å². The molecule has 0 unspecified atom stereocenters. The SMILES string of the molecule is CCCCCCCCCCCCCCNCCCCCCCCCCCCCC.O=P(O)(O)F. The van der Waals surface area contributed by atoms with Gasteiger partial charge in [-0.3, -0.25) is 9.79 Å². The minimum atomic E-state index is -5.14. The van der Waals surface area contributed by atoms with E-state index in [1.807, 2.05) is 0 Å². The van der Waals surface area contributed by atoms with E-state index in [4.69, 9.17) is 14.4 Å². The Bertz CT molecular complexity index is 373. The number of hydrogen-bond acceptors (Lipinski definition) is 2. The molecule has 4 nitrogen and oxygen atoms in total. The highest BCUT2D eigenvalue weighted by Gasteiger charge is 2.04. The van der Waals surface area contributed by atoms with Crippen LogP contribution in [0.15, 0.2) is 0 Å². The summed E-state index contributed by atoms with van der Waals surface area (Å²) in [4.78, 5) is 13.9. The van der Waals surface area contributed by atoms with Gasteiger partial charge in [0.2, 0.25) is 0 Å². The maximum absolute atomic E-state index is 10.4. The summed E-state index contributed by atoms with van der Waals surface area (Å²) in [6, 6.07) is 0. The molecule has 0 heterocycles. The first-order chi connectivity index (χ1) is 16.4. The first-order valence-electron chi connectivity index (χ1n) is 14.9. The van der Waals surface area contributed by atoms with Crippen molar-refractivity contribution in [1.29, 1.82) is 0 Å². The predicted octanol–water partition coefficient (Wildman–Crippen LogP) is 10.0. The van der Waals surface area contributed by atoms with E-state index in [0.29, 0.717) is 0 Å². The molecule has 0 radical (unpaired) electrons. The fourth-order valence-electron chi connectivity index (χ4n) is 4.31. The zero-order chi connectivity index (χ0) is 25.6. The molecule has 0 fully saturated rings. The Labute approximate surface area is 212 Å². The van der Waals surface area contributed by atoms with Crippen molar-refractivity contribution in [2.75, 3.05) is 13.1 Å². The van der Waals surface area contributed by atoms with Gasteiger partial charge in [0.25, 0.3) is 0 Å². The molecule has 0 saturated heterocycles. The molecular formula is C28H61FNO3P. The zero-order valence-electron chi connectivity index (χ0n) is 23.0. The van der Waals surface area contributed by atoms with Crippen LogP contribution in [0.3, 0.4) is 0 Å². The minimum absolute atomic E-state index is 1.25. The second-order valence-corrected chi connectivity index (χ2v) is 10.9. The van der Waals surface area contributed by atoms with E-state index < -0.39 is 7.91 Å². The van der Waals surface area contributed by atoms with Gasteiger partial charge in [-0.25, -0.2) is 4.57 Å². The largest absolute Gasteiger partial charge is 0.507 e. The van der Waals surface area contributed by atoms with E-state index in [1.54, 1.807) is 0 Å². The lowest BCUT2D eigenvalue weighted by atomic mass is 10.1. The van der Waals surface area contributed by atoms with E-state index in [1.165, 1.54) is 167 Å². The van der Waals surface area contributed by atoms with Crippen LogP contribution in [0.1, 0.15) is 168 Å². The molecule has 0 aromatic carbocycles. The van der Waals surface area contributed by atoms with Crippen molar-refractivity contribution >= 4 is 7.91 Å². The molecule has 0 spiro atoms. The Morgan fingerprint density at radius 3 is 0.853 bits per heavy atom. The van der Waals surface area contributed by atoms with E-state index in [0.717, 1.165) is 0 Å². The molecule has 0 amide bonds. The monoisotopic (exact) mass is 509 g/mol. The van der Waals surface area contributed by atoms with Gasteiger partial charge in [0.05, 0.1) is 0 Å². The minimum Gasteiger partial charge on any atom is -0.317 e. The number of unbranched alkanes of at least 4 members (excludes halogenated alkanes) is 22. The summed E-state index contributed by atoms with van der Waals surface area (Å²) in [5, 5.41) is 3.66.